The second kappa shape index (κ2) is 6.82. The van der Waals surface area contributed by atoms with E-state index in [1.165, 1.54) is 14.0 Å². The molecule has 1 N–H and O–H groups in total. The molecule has 0 saturated carbocycles. The number of esters is 1. The molecule has 0 saturated heterocycles. The van der Waals surface area contributed by atoms with Gasteiger partial charge in [-0.25, -0.2) is 0 Å². The SMILES string of the molecule is COCOC(COC(C)=O)C(C)O. The molecule has 0 amide bonds. The van der Waals surface area contributed by atoms with Crippen LogP contribution in [0.1, 0.15) is 13.8 Å². The van der Waals surface area contributed by atoms with E-state index in [0.29, 0.717) is 0 Å². The number of carbonyl (C=O) groups excluding carboxylic acids is 1. The van der Waals surface area contributed by atoms with E-state index in [2.05, 4.69) is 9.47 Å². The highest BCUT2D eigenvalue weighted by Gasteiger charge is 2.16. The number of methoxy groups -OCH3 is 1. The van der Waals surface area contributed by atoms with Gasteiger partial charge in [0.15, 0.2) is 0 Å². The standard InChI is InChI=1S/C8H16O5/c1-6(9)8(13-5-11-3)4-12-7(2)10/h6,8-9H,4-5H2,1-3H3. The van der Waals surface area contributed by atoms with Gasteiger partial charge >= 0.3 is 5.97 Å². The maximum absolute atomic E-state index is 10.5. The molecule has 0 radical (unpaired) electrons. The Morgan fingerprint density at radius 3 is 2.54 bits per heavy atom. The lowest BCUT2D eigenvalue weighted by Gasteiger charge is -2.19. The molecule has 5 nitrogen and oxygen atoms in total. The van der Waals surface area contributed by atoms with E-state index in [-0.39, 0.29) is 13.4 Å². The lowest BCUT2D eigenvalue weighted by Crippen LogP contribution is -2.32. The van der Waals surface area contributed by atoms with Crippen LogP contribution in [-0.4, -0.2) is 43.8 Å². The molecular formula is C8H16O5. The van der Waals surface area contributed by atoms with Gasteiger partial charge in [0.2, 0.25) is 0 Å². The van der Waals surface area contributed by atoms with Gasteiger partial charge in [-0.1, -0.05) is 0 Å². The number of hydrogen-bond acceptors (Lipinski definition) is 5. The van der Waals surface area contributed by atoms with Gasteiger partial charge in [-0.2, -0.15) is 0 Å². The Morgan fingerprint density at radius 2 is 2.15 bits per heavy atom. The third kappa shape index (κ3) is 6.51. The lowest BCUT2D eigenvalue weighted by atomic mass is 10.2. The molecule has 0 heterocycles. The van der Waals surface area contributed by atoms with E-state index in [4.69, 9.17) is 4.74 Å². The Kier molecular flexibility index (Phi) is 6.48. The van der Waals surface area contributed by atoms with Gasteiger partial charge in [-0.05, 0) is 6.92 Å². The van der Waals surface area contributed by atoms with Crippen molar-refractivity contribution in [3.63, 3.8) is 0 Å². The normalized spacial score (nSPS) is 15.1. The van der Waals surface area contributed by atoms with Crippen LogP contribution in [0.25, 0.3) is 0 Å². The maximum atomic E-state index is 10.5. The molecule has 5 heteroatoms. The van der Waals surface area contributed by atoms with E-state index in [0.717, 1.165) is 0 Å². The van der Waals surface area contributed by atoms with Crippen molar-refractivity contribution in [3.05, 3.63) is 0 Å². The van der Waals surface area contributed by atoms with Crippen LogP contribution in [0.4, 0.5) is 0 Å². The van der Waals surface area contributed by atoms with Crippen molar-refractivity contribution in [3.8, 4) is 0 Å². The fraction of sp³-hybridized carbons (Fsp3) is 0.875. The minimum atomic E-state index is -0.700. The summed E-state index contributed by atoms with van der Waals surface area (Å²) in [5.74, 6) is -0.397. The van der Waals surface area contributed by atoms with E-state index >= 15 is 0 Å². The van der Waals surface area contributed by atoms with Crippen LogP contribution in [0.5, 0.6) is 0 Å². The molecule has 0 aromatic rings. The smallest absolute Gasteiger partial charge is 0.302 e. The topological polar surface area (TPSA) is 65.0 Å². The second-order valence-electron chi connectivity index (χ2n) is 2.65. The van der Waals surface area contributed by atoms with E-state index < -0.39 is 18.2 Å². The number of ether oxygens (including phenoxy) is 3. The summed E-state index contributed by atoms with van der Waals surface area (Å²) in [6, 6.07) is 0. The Balaban J connectivity index is 3.73. The molecule has 0 fully saturated rings. The van der Waals surface area contributed by atoms with Crippen molar-refractivity contribution in [1.29, 1.82) is 0 Å². The summed E-state index contributed by atoms with van der Waals surface area (Å²) in [6.45, 7) is 2.96. The zero-order chi connectivity index (χ0) is 10.3. The average molecular weight is 192 g/mol. The first-order valence-corrected chi connectivity index (χ1v) is 4.00. The molecule has 0 aliphatic carbocycles. The minimum Gasteiger partial charge on any atom is -0.463 e. The van der Waals surface area contributed by atoms with E-state index in [1.807, 2.05) is 0 Å². The van der Waals surface area contributed by atoms with Crippen molar-refractivity contribution in [2.45, 2.75) is 26.1 Å². The van der Waals surface area contributed by atoms with Crippen molar-refractivity contribution in [2.75, 3.05) is 20.5 Å². The fourth-order valence-corrected chi connectivity index (χ4v) is 0.682. The van der Waals surface area contributed by atoms with Crippen LogP contribution in [-0.2, 0) is 19.0 Å². The largest absolute Gasteiger partial charge is 0.463 e. The van der Waals surface area contributed by atoms with Gasteiger partial charge in [0.1, 0.15) is 19.5 Å². The number of rotatable bonds is 6. The molecule has 0 aliphatic heterocycles. The van der Waals surface area contributed by atoms with Gasteiger partial charge < -0.3 is 19.3 Å². The van der Waals surface area contributed by atoms with Crippen LogP contribution < -0.4 is 0 Å². The molecular weight excluding hydrogens is 176 g/mol. The minimum absolute atomic E-state index is 0.0381. The predicted molar refractivity (Wildman–Crippen MR) is 45.1 cm³/mol. The molecule has 2 unspecified atom stereocenters. The van der Waals surface area contributed by atoms with Gasteiger partial charge in [-0.15, -0.1) is 0 Å². The zero-order valence-corrected chi connectivity index (χ0v) is 8.15. The fourth-order valence-electron chi connectivity index (χ4n) is 0.682. The highest BCUT2D eigenvalue weighted by atomic mass is 16.7. The first-order valence-electron chi connectivity index (χ1n) is 4.00. The highest BCUT2D eigenvalue weighted by molar-refractivity contribution is 5.65. The van der Waals surface area contributed by atoms with Crippen molar-refractivity contribution in [1.82, 2.24) is 0 Å². The quantitative estimate of drug-likeness (QED) is 0.471. The highest BCUT2D eigenvalue weighted by Crippen LogP contribution is 2.00. The lowest BCUT2D eigenvalue weighted by molar-refractivity contribution is -0.157. The van der Waals surface area contributed by atoms with Gasteiger partial charge in [0.25, 0.3) is 0 Å². The summed E-state index contributed by atoms with van der Waals surface area (Å²) in [4.78, 5) is 10.5. The predicted octanol–water partition coefficient (Wildman–Crippen LogP) is -0.0806. The van der Waals surface area contributed by atoms with Crippen molar-refractivity contribution < 1.29 is 24.1 Å². The molecule has 2 atom stereocenters. The van der Waals surface area contributed by atoms with Crippen LogP contribution in [0.15, 0.2) is 0 Å². The molecule has 0 aromatic carbocycles. The van der Waals surface area contributed by atoms with Gasteiger partial charge in [0, 0.05) is 14.0 Å². The van der Waals surface area contributed by atoms with E-state index in [1.54, 1.807) is 6.92 Å². The molecule has 13 heavy (non-hydrogen) atoms. The Hall–Kier alpha value is -0.650. The summed E-state index contributed by atoms with van der Waals surface area (Å²) in [5.41, 5.74) is 0. The monoisotopic (exact) mass is 192 g/mol. The van der Waals surface area contributed by atoms with Crippen molar-refractivity contribution >= 4 is 5.97 Å². The molecule has 0 aliphatic rings. The molecule has 0 bridgehead atoms. The van der Waals surface area contributed by atoms with Crippen molar-refractivity contribution in [2.24, 2.45) is 0 Å². The number of carbonyl (C=O) groups is 1. The van der Waals surface area contributed by atoms with Gasteiger partial charge in [-0.3, -0.25) is 4.79 Å². The first-order chi connectivity index (χ1) is 6.07. The zero-order valence-electron chi connectivity index (χ0n) is 8.15. The Morgan fingerprint density at radius 1 is 1.54 bits per heavy atom. The Labute approximate surface area is 77.6 Å². The van der Waals surface area contributed by atoms with Crippen LogP contribution in [0, 0.1) is 0 Å². The summed E-state index contributed by atoms with van der Waals surface area (Å²) in [7, 11) is 1.48. The summed E-state index contributed by atoms with van der Waals surface area (Å²) in [6.07, 6.45) is -1.24. The summed E-state index contributed by atoms with van der Waals surface area (Å²) in [5, 5.41) is 9.18. The average Bonchev–Trinajstić information content (AvgIpc) is 2.03. The molecule has 0 rings (SSSR count). The summed E-state index contributed by atoms with van der Waals surface area (Å²) < 4.78 is 14.4. The summed E-state index contributed by atoms with van der Waals surface area (Å²) >= 11 is 0. The first kappa shape index (κ1) is 12.3. The third-order valence-electron chi connectivity index (χ3n) is 1.39. The molecule has 0 spiro atoms. The number of aliphatic hydroxyl groups excluding tert-OH is 1. The molecule has 0 aromatic heterocycles. The van der Waals surface area contributed by atoms with Crippen LogP contribution in [0.2, 0.25) is 0 Å². The maximum Gasteiger partial charge on any atom is 0.302 e. The van der Waals surface area contributed by atoms with Crippen LogP contribution in [0.3, 0.4) is 0 Å². The number of aliphatic hydroxyl groups is 1. The van der Waals surface area contributed by atoms with Gasteiger partial charge in [0.05, 0.1) is 6.10 Å². The third-order valence-corrected chi connectivity index (χ3v) is 1.39. The van der Waals surface area contributed by atoms with Crippen LogP contribution >= 0.6 is 0 Å². The van der Waals surface area contributed by atoms with E-state index in [9.17, 15) is 9.90 Å². The number of hydrogen-bond donors (Lipinski definition) is 1. The Bertz CT molecular complexity index is 145. The second-order valence-corrected chi connectivity index (χ2v) is 2.65. The molecule has 78 valence electrons.